The number of nitrogens with one attached hydrogen (secondary N) is 1. The number of halogens is 1. The van der Waals surface area contributed by atoms with Gasteiger partial charge in [0, 0.05) is 25.7 Å². The molecule has 0 radical (unpaired) electrons. The normalized spacial score (nSPS) is 10.3. The summed E-state index contributed by atoms with van der Waals surface area (Å²) < 4.78 is 13.5. The van der Waals surface area contributed by atoms with Gasteiger partial charge >= 0.3 is 0 Å². The molecule has 0 aliphatic carbocycles. The van der Waals surface area contributed by atoms with Gasteiger partial charge in [-0.05, 0) is 18.2 Å². The van der Waals surface area contributed by atoms with Crippen molar-refractivity contribution >= 4 is 11.5 Å². The highest BCUT2D eigenvalue weighted by Crippen LogP contribution is 2.14. The zero-order valence-corrected chi connectivity index (χ0v) is 11.4. The summed E-state index contributed by atoms with van der Waals surface area (Å²) in [7, 11) is 1.89. The van der Waals surface area contributed by atoms with Crippen LogP contribution in [-0.4, -0.2) is 30.3 Å². The number of hydrogen-bond acceptors (Lipinski definition) is 4. The molecule has 4 nitrogen and oxygen atoms in total. The Balaban J connectivity index is 1.96. The van der Waals surface area contributed by atoms with Gasteiger partial charge in [-0.15, -0.1) is 0 Å². The van der Waals surface area contributed by atoms with Crippen molar-refractivity contribution < 1.29 is 9.50 Å². The van der Waals surface area contributed by atoms with Gasteiger partial charge in [0.05, 0.1) is 18.5 Å². The van der Waals surface area contributed by atoms with E-state index >= 15 is 0 Å². The summed E-state index contributed by atoms with van der Waals surface area (Å²) in [5, 5.41) is 12.0. The standard InChI is InChI=1S/C15H18FN3O/c1-19(8-9-20)13-6-7-15(18-11-13)17-10-12-4-2-3-5-14(12)16/h2-7,11,20H,8-10H2,1H3,(H,17,18). The van der Waals surface area contributed by atoms with Crippen LogP contribution in [0.15, 0.2) is 42.6 Å². The van der Waals surface area contributed by atoms with E-state index < -0.39 is 0 Å². The summed E-state index contributed by atoms with van der Waals surface area (Å²) in [6, 6.07) is 10.4. The second kappa shape index (κ2) is 6.86. The van der Waals surface area contributed by atoms with Crippen molar-refractivity contribution in [2.75, 3.05) is 30.4 Å². The Morgan fingerprint density at radius 2 is 2.05 bits per heavy atom. The Kier molecular flexibility index (Phi) is 4.90. The third kappa shape index (κ3) is 3.68. The van der Waals surface area contributed by atoms with Crippen LogP contribution < -0.4 is 10.2 Å². The van der Waals surface area contributed by atoms with Gasteiger partial charge in [0.25, 0.3) is 0 Å². The summed E-state index contributed by atoms with van der Waals surface area (Å²) in [5.41, 5.74) is 1.53. The summed E-state index contributed by atoms with van der Waals surface area (Å²) in [5.74, 6) is 0.466. The monoisotopic (exact) mass is 275 g/mol. The summed E-state index contributed by atoms with van der Waals surface area (Å²) in [4.78, 5) is 6.18. The van der Waals surface area contributed by atoms with E-state index in [1.807, 2.05) is 24.1 Å². The van der Waals surface area contributed by atoms with Crippen LogP contribution in [0.5, 0.6) is 0 Å². The number of rotatable bonds is 6. The Labute approximate surface area is 117 Å². The lowest BCUT2D eigenvalue weighted by atomic mass is 10.2. The molecule has 106 valence electrons. The van der Waals surface area contributed by atoms with E-state index in [0.29, 0.717) is 24.5 Å². The molecule has 0 fully saturated rings. The Hall–Kier alpha value is -2.14. The molecule has 0 bridgehead atoms. The summed E-state index contributed by atoms with van der Waals surface area (Å²) in [6.45, 7) is 1.05. The number of likely N-dealkylation sites (N-methyl/N-ethyl adjacent to an activating group) is 1. The minimum absolute atomic E-state index is 0.101. The van der Waals surface area contributed by atoms with Gasteiger partial charge in [0.1, 0.15) is 11.6 Å². The van der Waals surface area contributed by atoms with Crippen molar-refractivity contribution in [3.8, 4) is 0 Å². The molecule has 1 aromatic carbocycles. The predicted molar refractivity (Wildman–Crippen MR) is 78.3 cm³/mol. The van der Waals surface area contributed by atoms with Gasteiger partial charge in [-0.3, -0.25) is 0 Å². The number of nitrogens with zero attached hydrogens (tertiary/aromatic N) is 2. The predicted octanol–water partition coefficient (Wildman–Crippen LogP) is 2.26. The van der Waals surface area contributed by atoms with Gasteiger partial charge in [0.2, 0.25) is 0 Å². The minimum atomic E-state index is -0.223. The van der Waals surface area contributed by atoms with Gasteiger partial charge in [-0.1, -0.05) is 18.2 Å². The molecule has 0 spiro atoms. The van der Waals surface area contributed by atoms with Crippen LogP contribution in [0.1, 0.15) is 5.56 Å². The summed E-state index contributed by atoms with van der Waals surface area (Å²) >= 11 is 0. The first-order chi connectivity index (χ1) is 9.70. The van der Waals surface area contributed by atoms with Crippen molar-refractivity contribution in [2.45, 2.75) is 6.54 Å². The quantitative estimate of drug-likeness (QED) is 0.849. The smallest absolute Gasteiger partial charge is 0.128 e. The van der Waals surface area contributed by atoms with Crippen molar-refractivity contribution in [3.05, 3.63) is 54.0 Å². The Bertz CT molecular complexity index is 545. The highest BCUT2D eigenvalue weighted by molar-refractivity contribution is 5.49. The first-order valence-corrected chi connectivity index (χ1v) is 6.46. The van der Waals surface area contributed by atoms with Crippen molar-refractivity contribution in [3.63, 3.8) is 0 Å². The second-order valence-electron chi connectivity index (χ2n) is 4.49. The van der Waals surface area contributed by atoms with Crippen LogP contribution >= 0.6 is 0 Å². The van der Waals surface area contributed by atoms with Crippen LogP contribution in [0.25, 0.3) is 0 Å². The van der Waals surface area contributed by atoms with E-state index in [9.17, 15) is 4.39 Å². The lowest BCUT2D eigenvalue weighted by Crippen LogP contribution is -2.21. The van der Waals surface area contributed by atoms with Crippen LogP contribution in [-0.2, 0) is 6.54 Å². The van der Waals surface area contributed by atoms with E-state index in [0.717, 1.165) is 5.69 Å². The number of hydrogen-bond donors (Lipinski definition) is 2. The molecule has 2 N–H and O–H groups in total. The van der Waals surface area contributed by atoms with E-state index in [1.165, 1.54) is 6.07 Å². The molecule has 0 saturated carbocycles. The zero-order chi connectivity index (χ0) is 14.4. The van der Waals surface area contributed by atoms with Crippen LogP contribution in [0, 0.1) is 5.82 Å². The highest BCUT2D eigenvalue weighted by Gasteiger charge is 2.03. The fraction of sp³-hybridized carbons (Fsp3) is 0.267. The molecule has 2 aromatic rings. The third-order valence-corrected chi connectivity index (χ3v) is 3.04. The minimum Gasteiger partial charge on any atom is -0.395 e. The second-order valence-corrected chi connectivity index (χ2v) is 4.49. The number of anilines is 2. The van der Waals surface area contributed by atoms with Crippen molar-refractivity contribution in [2.24, 2.45) is 0 Å². The van der Waals surface area contributed by atoms with Gasteiger partial charge < -0.3 is 15.3 Å². The average molecular weight is 275 g/mol. The third-order valence-electron chi connectivity index (χ3n) is 3.04. The molecule has 2 rings (SSSR count). The Morgan fingerprint density at radius 3 is 2.70 bits per heavy atom. The molecular weight excluding hydrogens is 257 g/mol. The molecular formula is C15H18FN3O. The van der Waals surface area contributed by atoms with Gasteiger partial charge in [-0.25, -0.2) is 9.37 Å². The molecule has 5 heteroatoms. The number of pyridine rings is 1. The average Bonchev–Trinajstić information content (AvgIpc) is 2.47. The first kappa shape index (κ1) is 14.3. The van der Waals surface area contributed by atoms with Crippen LogP contribution in [0.3, 0.4) is 0 Å². The van der Waals surface area contributed by atoms with Gasteiger partial charge in [0.15, 0.2) is 0 Å². The molecule has 0 amide bonds. The number of aromatic nitrogens is 1. The number of benzene rings is 1. The van der Waals surface area contributed by atoms with Crippen molar-refractivity contribution in [1.29, 1.82) is 0 Å². The number of aliphatic hydroxyl groups is 1. The van der Waals surface area contributed by atoms with E-state index in [1.54, 1.807) is 24.4 Å². The molecule has 0 unspecified atom stereocenters. The molecule has 1 aromatic heterocycles. The maximum Gasteiger partial charge on any atom is 0.128 e. The Morgan fingerprint density at radius 1 is 1.25 bits per heavy atom. The highest BCUT2D eigenvalue weighted by atomic mass is 19.1. The summed E-state index contributed by atoms with van der Waals surface area (Å²) in [6.07, 6.45) is 1.72. The van der Waals surface area contributed by atoms with Crippen LogP contribution in [0.2, 0.25) is 0 Å². The number of aliphatic hydroxyl groups excluding tert-OH is 1. The lowest BCUT2D eigenvalue weighted by molar-refractivity contribution is 0.304. The fourth-order valence-electron chi connectivity index (χ4n) is 1.82. The molecule has 0 saturated heterocycles. The lowest BCUT2D eigenvalue weighted by Gasteiger charge is -2.17. The molecule has 0 aliphatic heterocycles. The fourth-order valence-corrected chi connectivity index (χ4v) is 1.82. The molecule has 0 aliphatic rings. The van der Waals surface area contributed by atoms with Crippen molar-refractivity contribution in [1.82, 2.24) is 4.98 Å². The SMILES string of the molecule is CN(CCO)c1ccc(NCc2ccccc2F)nc1. The molecule has 1 heterocycles. The first-order valence-electron chi connectivity index (χ1n) is 6.46. The van der Waals surface area contributed by atoms with Crippen LogP contribution in [0.4, 0.5) is 15.9 Å². The van der Waals surface area contributed by atoms with E-state index in [4.69, 9.17) is 5.11 Å². The van der Waals surface area contributed by atoms with Gasteiger partial charge in [-0.2, -0.15) is 0 Å². The molecule has 20 heavy (non-hydrogen) atoms. The van der Waals surface area contributed by atoms with E-state index in [2.05, 4.69) is 10.3 Å². The maximum absolute atomic E-state index is 13.5. The van der Waals surface area contributed by atoms with E-state index in [-0.39, 0.29) is 12.4 Å². The molecule has 0 atom stereocenters. The largest absolute Gasteiger partial charge is 0.395 e. The zero-order valence-electron chi connectivity index (χ0n) is 11.4. The topological polar surface area (TPSA) is 48.4 Å². The maximum atomic E-state index is 13.5.